The van der Waals surface area contributed by atoms with E-state index >= 15 is 0 Å². The maximum absolute atomic E-state index is 14.6. The Morgan fingerprint density at radius 3 is 2.32 bits per heavy atom. The van der Waals surface area contributed by atoms with Crippen LogP contribution in [0.15, 0.2) is 78.9 Å². The van der Waals surface area contributed by atoms with Crippen molar-refractivity contribution in [1.29, 1.82) is 0 Å². The summed E-state index contributed by atoms with van der Waals surface area (Å²) in [6, 6.07) is 20.4. The average molecular weight is 559 g/mol. The van der Waals surface area contributed by atoms with Crippen molar-refractivity contribution in [2.45, 2.75) is 20.0 Å². The highest BCUT2D eigenvalue weighted by Gasteiger charge is 2.17. The molecular weight excluding hydrogens is 534 g/mol. The molecule has 0 saturated carbocycles. The molecule has 0 aliphatic rings. The summed E-state index contributed by atoms with van der Waals surface area (Å²) in [6.45, 7) is 2.22. The van der Waals surface area contributed by atoms with Gasteiger partial charge in [-0.1, -0.05) is 35.9 Å². The maximum Gasteiger partial charge on any atom is 0.229 e. The third kappa shape index (κ3) is 6.93. The van der Waals surface area contributed by atoms with Crippen LogP contribution in [0.4, 0.5) is 20.2 Å². The molecule has 4 rings (SSSR count). The van der Waals surface area contributed by atoms with Crippen LogP contribution in [0, 0.1) is 18.6 Å². The molecule has 0 aliphatic carbocycles. The molecule has 4 aromatic carbocycles. The molecule has 0 amide bonds. The van der Waals surface area contributed by atoms with Gasteiger partial charge in [-0.05, 0) is 60.5 Å². The molecule has 0 bridgehead atoms. The van der Waals surface area contributed by atoms with E-state index in [1.54, 1.807) is 37.3 Å². The highest BCUT2D eigenvalue weighted by molar-refractivity contribution is 7.92. The number of hydrogen-bond donors (Lipinski definition) is 2. The smallest absolute Gasteiger partial charge is 0.229 e. The number of anilines is 2. The number of phenols is 1. The van der Waals surface area contributed by atoms with E-state index in [4.69, 9.17) is 16.3 Å². The summed E-state index contributed by atoms with van der Waals surface area (Å²) in [4.78, 5) is 1.88. The van der Waals surface area contributed by atoms with Crippen molar-refractivity contribution >= 4 is 33.0 Å². The van der Waals surface area contributed by atoms with E-state index in [-0.39, 0.29) is 22.9 Å². The molecule has 0 fully saturated rings. The summed E-state index contributed by atoms with van der Waals surface area (Å²) in [5, 5.41) is 10.0. The van der Waals surface area contributed by atoms with E-state index in [0.717, 1.165) is 17.9 Å². The molecule has 0 aromatic heterocycles. The Balaban J connectivity index is 1.63. The van der Waals surface area contributed by atoms with Gasteiger partial charge in [0.1, 0.15) is 28.9 Å². The Morgan fingerprint density at radius 2 is 1.66 bits per heavy atom. The van der Waals surface area contributed by atoms with Crippen molar-refractivity contribution in [2.24, 2.45) is 0 Å². The number of phenolic OH excluding ortho intramolecular Hbond substituents is 1. The first-order valence-corrected chi connectivity index (χ1v) is 13.8. The van der Waals surface area contributed by atoms with Crippen LogP contribution >= 0.6 is 11.6 Å². The zero-order valence-electron chi connectivity index (χ0n) is 20.6. The van der Waals surface area contributed by atoms with E-state index in [9.17, 15) is 22.3 Å². The highest BCUT2D eigenvalue weighted by atomic mass is 35.5. The van der Waals surface area contributed by atoms with Crippen LogP contribution in [0.25, 0.3) is 0 Å². The van der Waals surface area contributed by atoms with Gasteiger partial charge in [0.05, 0.1) is 17.0 Å². The van der Waals surface area contributed by atoms with E-state index in [1.807, 2.05) is 23.1 Å². The molecule has 0 aliphatic heterocycles. The van der Waals surface area contributed by atoms with Crippen molar-refractivity contribution in [2.75, 3.05) is 15.9 Å². The summed E-state index contributed by atoms with van der Waals surface area (Å²) in [5.74, 6) is -0.487. The number of benzene rings is 4. The van der Waals surface area contributed by atoms with Crippen molar-refractivity contribution in [3.8, 4) is 17.2 Å². The molecule has 6 nitrogen and oxygen atoms in total. The summed E-state index contributed by atoms with van der Waals surface area (Å²) in [7, 11) is -3.51. The lowest BCUT2D eigenvalue weighted by molar-refractivity contribution is 0.455. The molecule has 198 valence electrons. The minimum atomic E-state index is -3.51. The van der Waals surface area contributed by atoms with Crippen LogP contribution in [0.3, 0.4) is 0 Å². The van der Waals surface area contributed by atoms with Crippen molar-refractivity contribution in [3.63, 3.8) is 0 Å². The summed E-state index contributed by atoms with van der Waals surface area (Å²) >= 11 is 5.85. The lowest BCUT2D eigenvalue weighted by atomic mass is 10.1. The quantitative estimate of drug-likeness (QED) is 0.231. The molecule has 2 N–H and O–H groups in total. The molecule has 0 radical (unpaired) electrons. The van der Waals surface area contributed by atoms with Gasteiger partial charge in [0.25, 0.3) is 0 Å². The molecule has 0 spiro atoms. The molecule has 0 saturated heterocycles. The van der Waals surface area contributed by atoms with Gasteiger partial charge in [-0.3, -0.25) is 4.72 Å². The Morgan fingerprint density at radius 1 is 0.947 bits per heavy atom. The van der Waals surface area contributed by atoms with Gasteiger partial charge in [0.2, 0.25) is 10.0 Å². The number of hydrogen-bond acceptors (Lipinski definition) is 5. The standard InChI is InChI=1S/C28H25ClF2N2O4S/c1-18-26(32-38(2,35)36)4-3-5-27(18)33(17-20-8-9-21(30)14-25(20)31)16-19-6-10-22(11-7-19)37-23-12-13-24(29)28(34)15-23/h3-15,32,34H,16-17H2,1-2H3. The fourth-order valence-electron chi connectivity index (χ4n) is 3.93. The number of rotatable bonds is 9. The van der Waals surface area contributed by atoms with Gasteiger partial charge < -0.3 is 14.7 Å². The molecule has 0 atom stereocenters. The third-order valence-electron chi connectivity index (χ3n) is 5.77. The first kappa shape index (κ1) is 27.2. The van der Waals surface area contributed by atoms with Gasteiger partial charge in [-0.15, -0.1) is 0 Å². The average Bonchev–Trinajstić information content (AvgIpc) is 2.84. The van der Waals surface area contributed by atoms with Gasteiger partial charge in [-0.25, -0.2) is 17.2 Å². The molecular formula is C28H25ClF2N2O4S. The zero-order valence-corrected chi connectivity index (χ0v) is 22.2. The highest BCUT2D eigenvalue weighted by Crippen LogP contribution is 2.32. The van der Waals surface area contributed by atoms with E-state index in [0.29, 0.717) is 35.0 Å². The van der Waals surface area contributed by atoms with Crippen LogP contribution in [-0.4, -0.2) is 19.8 Å². The Labute approximate surface area is 225 Å². The topological polar surface area (TPSA) is 78.9 Å². The Kier molecular flexibility index (Phi) is 8.08. The lowest BCUT2D eigenvalue weighted by Crippen LogP contribution is -2.24. The first-order chi connectivity index (χ1) is 18.0. The number of sulfonamides is 1. The summed E-state index contributed by atoms with van der Waals surface area (Å²) in [6.07, 6.45) is 1.07. The van der Waals surface area contributed by atoms with E-state index < -0.39 is 21.7 Å². The minimum Gasteiger partial charge on any atom is -0.506 e. The number of halogens is 3. The molecule has 38 heavy (non-hydrogen) atoms. The first-order valence-electron chi connectivity index (χ1n) is 11.5. The van der Waals surface area contributed by atoms with E-state index in [1.165, 1.54) is 24.3 Å². The van der Waals surface area contributed by atoms with E-state index in [2.05, 4.69) is 4.72 Å². The predicted molar refractivity (Wildman–Crippen MR) is 146 cm³/mol. The number of nitrogens with zero attached hydrogens (tertiary/aromatic N) is 1. The van der Waals surface area contributed by atoms with Crippen LogP contribution in [0.2, 0.25) is 5.02 Å². The minimum absolute atomic E-state index is 0.0904. The number of nitrogens with one attached hydrogen (secondary N) is 1. The van der Waals surface area contributed by atoms with Crippen molar-refractivity contribution in [1.82, 2.24) is 0 Å². The molecule has 0 unspecified atom stereocenters. The molecule has 0 heterocycles. The SMILES string of the molecule is Cc1c(NS(C)(=O)=O)cccc1N(Cc1ccc(Oc2ccc(Cl)c(O)c2)cc1)Cc1ccc(F)cc1F. The van der Waals surface area contributed by atoms with Crippen molar-refractivity contribution < 1.29 is 27.0 Å². The third-order valence-corrected chi connectivity index (χ3v) is 6.68. The van der Waals surface area contributed by atoms with Crippen LogP contribution in [-0.2, 0) is 23.1 Å². The molecule has 10 heteroatoms. The largest absolute Gasteiger partial charge is 0.506 e. The van der Waals surface area contributed by atoms with Crippen molar-refractivity contribution in [3.05, 3.63) is 112 Å². The second kappa shape index (κ2) is 11.3. The summed E-state index contributed by atoms with van der Waals surface area (Å²) in [5.41, 5.74) is 2.89. The number of ether oxygens (including phenoxy) is 1. The molecule has 4 aromatic rings. The monoisotopic (exact) mass is 558 g/mol. The normalized spacial score (nSPS) is 11.3. The van der Waals surface area contributed by atoms with Gasteiger partial charge >= 0.3 is 0 Å². The Hall–Kier alpha value is -3.82. The lowest BCUT2D eigenvalue weighted by Gasteiger charge is -2.28. The second-order valence-electron chi connectivity index (χ2n) is 8.77. The van der Waals surface area contributed by atoms with Gasteiger partial charge in [-0.2, -0.15) is 0 Å². The number of aromatic hydroxyl groups is 1. The van der Waals surface area contributed by atoms with Crippen LogP contribution in [0.1, 0.15) is 16.7 Å². The zero-order chi connectivity index (χ0) is 27.4. The van der Waals surface area contributed by atoms with Crippen LogP contribution in [0.5, 0.6) is 17.2 Å². The van der Waals surface area contributed by atoms with Gasteiger partial charge in [0, 0.05) is 36.5 Å². The fourth-order valence-corrected chi connectivity index (χ4v) is 4.67. The Bertz CT molecular complexity index is 1560. The second-order valence-corrected chi connectivity index (χ2v) is 10.9. The van der Waals surface area contributed by atoms with Gasteiger partial charge in [0.15, 0.2) is 0 Å². The predicted octanol–water partition coefficient (Wildman–Crippen LogP) is 7.00. The maximum atomic E-state index is 14.6. The summed E-state index contributed by atoms with van der Waals surface area (Å²) < 4.78 is 60.1. The van der Waals surface area contributed by atoms with Crippen LogP contribution < -0.4 is 14.4 Å². The fraction of sp³-hybridized carbons (Fsp3) is 0.143.